The Bertz CT molecular complexity index is 976. The van der Waals surface area contributed by atoms with Crippen LogP contribution in [0.3, 0.4) is 0 Å². The number of thiazole rings is 1. The zero-order chi connectivity index (χ0) is 20.8. The number of halogens is 1. The van der Waals surface area contributed by atoms with Crippen LogP contribution >= 0.6 is 11.3 Å². The van der Waals surface area contributed by atoms with Crippen LogP contribution in [0.1, 0.15) is 19.5 Å². The largest absolute Gasteiger partial charge is 0.479 e. The smallest absolute Gasteiger partial charge is 0.347 e. The molecule has 0 N–H and O–H groups in total. The number of benzene rings is 2. The minimum atomic E-state index is -0.864. The van der Waals surface area contributed by atoms with Gasteiger partial charge in [-0.3, -0.25) is 9.69 Å². The summed E-state index contributed by atoms with van der Waals surface area (Å²) in [5, 5.41) is 2.22. The Morgan fingerprint density at radius 2 is 1.83 bits per heavy atom. The molecule has 6 nitrogen and oxygen atoms in total. The maximum absolute atomic E-state index is 12.9. The lowest BCUT2D eigenvalue weighted by atomic mass is 10.3. The van der Waals surface area contributed by atoms with Crippen LogP contribution in [-0.2, 0) is 20.9 Å². The van der Waals surface area contributed by atoms with Crippen molar-refractivity contribution in [2.24, 2.45) is 0 Å². The third-order valence-electron chi connectivity index (χ3n) is 3.88. The fourth-order valence-electron chi connectivity index (χ4n) is 2.50. The Hall–Kier alpha value is -3.26. The number of rotatable bonds is 7. The van der Waals surface area contributed by atoms with Gasteiger partial charge in [-0.25, -0.2) is 14.2 Å². The van der Waals surface area contributed by atoms with E-state index in [1.165, 1.54) is 47.4 Å². The van der Waals surface area contributed by atoms with Crippen LogP contribution in [0.25, 0.3) is 0 Å². The summed E-state index contributed by atoms with van der Waals surface area (Å²) < 4.78 is 23.6. The molecule has 3 rings (SSSR count). The fourth-order valence-corrected chi connectivity index (χ4v) is 3.37. The molecule has 0 aliphatic carbocycles. The maximum atomic E-state index is 12.9. The Labute approximate surface area is 171 Å². The number of hydrogen-bond donors (Lipinski definition) is 0. The summed E-state index contributed by atoms with van der Waals surface area (Å²) in [5.74, 6) is -0.764. The van der Waals surface area contributed by atoms with Crippen molar-refractivity contribution in [1.82, 2.24) is 4.98 Å². The molecular formula is C21H19FN2O4S. The molecule has 3 aromatic rings. The van der Waals surface area contributed by atoms with Gasteiger partial charge in [0.25, 0.3) is 0 Å². The van der Waals surface area contributed by atoms with E-state index in [9.17, 15) is 14.0 Å². The van der Waals surface area contributed by atoms with E-state index >= 15 is 0 Å². The second kappa shape index (κ2) is 9.29. The molecule has 1 amide bonds. The van der Waals surface area contributed by atoms with Crippen molar-refractivity contribution in [2.75, 3.05) is 4.90 Å². The SMILES string of the molecule is CC(=O)N(c1ccccc1)c1nc(COC(=O)[C@@H](C)Oc2ccc(F)cc2)cs1. The van der Waals surface area contributed by atoms with Crippen molar-refractivity contribution in [2.45, 2.75) is 26.6 Å². The topological polar surface area (TPSA) is 68.7 Å². The van der Waals surface area contributed by atoms with Crippen molar-refractivity contribution in [3.63, 3.8) is 0 Å². The van der Waals surface area contributed by atoms with Crippen molar-refractivity contribution in [1.29, 1.82) is 0 Å². The molecule has 0 saturated carbocycles. The minimum Gasteiger partial charge on any atom is -0.479 e. The van der Waals surface area contributed by atoms with E-state index in [-0.39, 0.29) is 18.3 Å². The highest BCUT2D eigenvalue weighted by atomic mass is 32.1. The number of nitrogens with zero attached hydrogens (tertiary/aromatic N) is 2. The Kier molecular flexibility index (Phi) is 6.56. The summed E-state index contributed by atoms with van der Waals surface area (Å²) in [7, 11) is 0. The Morgan fingerprint density at radius 3 is 2.48 bits per heavy atom. The molecule has 0 saturated heterocycles. The second-order valence-electron chi connectivity index (χ2n) is 6.13. The van der Waals surface area contributed by atoms with Gasteiger partial charge in [0.05, 0.1) is 11.4 Å². The number of para-hydroxylation sites is 1. The van der Waals surface area contributed by atoms with E-state index in [0.717, 1.165) is 0 Å². The summed E-state index contributed by atoms with van der Waals surface area (Å²) in [6.07, 6.45) is -0.864. The molecule has 0 aliphatic rings. The Morgan fingerprint density at radius 1 is 1.14 bits per heavy atom. The van der Waals surface area contributed by atoms with Crippen LogP contribution in [-0.4, -0.2) is 23.0 Å². The monoisotopic (exact) mass is 414 g/mol. The normalized spacial score (nSPS) is 11.6. The lowest BCUT2D eigenvalue weighted by Gasteiger charge is -2.17. The predicted molar refractivity (Wildman–Crippen MR) is 108 cm³/mol. The van der Waals surface area contributed by atoms with E-state index in [2.05, 4.69) is 4.98 Å². The van der Waals surface area contributed by atoms with Gasteiger partial charge in [-0.1, -0.05) is 18.2 Å². The molecule has 1 atom stereocenters. The van der Waals surface area contributed by atoms with Gasteiger partial charge in [0.2, 0.25) is 5.91 Å². The first-order chi connectivity index (χ1) is 13.9. The van der Waals surface area contributed by atoms with Gasteiger partial charge in [-0.2, -0.15) is 0 Å². The zero-order valence-electron chi connectivity index (χ0n) is 15.9. The molecule has 2 aromatic carbocycles. The number of anilines is 2. The number of ether oxygens (including phenoxy) is 2. The number of esters is 1. The predicted octanol–water partition coefficient (Wildman–Crippen LogP) is 4.48. The minimum absolute atomic E-state index is 0.0486. The molecule has 8 heteroatoms. The molecule has 0 unspecified atom stereocenters. The zero-order valence-corrected chi connectivity index (χ0v) is 16.7. The number of amides is 1. The van der Waals surface area contributed by atoms with Gasteiger partial charge >= 0.3 is 5.97 Å². The maximum Gasteiger partial charge on any atom is 0.347 e. The number of hydrogen-bond acceptors (Lipinski definition) is 6. The highest BCUT2D eigenvalue weighted by Crippen LogP contribution is 2.29. The van der Waals surface area contributed by atoms with Crippen LogP contribution < -0.4 is 9.64 Å². The van der Waals surface area contributed by atoms with Crippen LogP contribution in [0.5, 0.6) is 5.75 Å². The standard InChI is InChI=1S/C21H19FN2O4S/c1-14(28-19-10-8-16(22)9-11-19)20(26)27-12-17-13-29-21(23-17)24(15(2)25)18-6-4-3-5-7-18/h3-11,13-14H,12H2,1-2H3/t14-/m1/s1. The summed E-state index contributed by atoms with van der Waals surface area (Å²) in [4.78, 5) is 30.1. The molecule has 0 spiro atoms. The first-order valence-corrected chi connectivity index (χ1v) is 9.71. The third kappa shape index (κ3) is 5.39. The van der Waals surface area contributed by atoms with Crippen molar-refractivity contribution in [3.8, 4) is 5.75 Å². The summed E-state index contributed by atoms with van der Waals surface area (Å²) in [6, 6.07) is 14.5. The second-order valence-corrected chi connectivity index (χ2v) is 6.97. The lowest BCUT2D eigenvalue weighted by molar-refractivity contribution is -0.152. The quantitative estimate of drug-likeness (QED) is 0.533. The molecule has 0 fully saturated rings. The van der Waals surface area contributed by atoms with E-state index in [1.54, 1.807) is 12.3 Å². The first-order valence-electron chi connectivity index (χ1n) is 8.83. The van der Waals surface area contributed by atoms with Crippen LogP contribution in [0.15, 0.2) is 60.0 Å². The average Bonchev–Trinajstić information content (AvgIpc) is 3.17. The van der Waals surface area contributed by atoms with Crippen LogP contribution in [0, 0.1) is 5.82 Å². The molecule has 29 heavy (non-hydrogen) atoms. The first kappa shape index (κ1) is 20.5. The van der Waals surface area contributed by atoms with Crippen molar-refractivity contribution < 1.29 is 23.5 Å². The molecule has 0 bridgehead atoms. The van der Waals surface area contributed by atoms with Gasteiger partial charge < -0.3 is 9.47 Å². The molecule has 1 heterocycles. The van der Waals surface area contributed by atoms with Gasteiger partial charge in [0.1, 0.15) is 18.2 Å². The summed E-state index contributed by atoms with van der Waals surface area (Å²) in [6.45, 7) is 2.96. The van der Waals surface area contributed by atoms with Gasteiger partial charge in [-0.15, -0.1) is 11.3 Å². The molecule has 150 valence electrons. The lowest BCUT2D eigenvalue weighted by Crippen LogP contribution is -2.26. The van der Waals surface area contributed by atoms with Crippen molar-refractivity contribution >= 4 is 34.0 Å². The van der Waals surface area contributed by atoms with E-state index < -0.39 is 12.1 Å². The van der Waals surface area contributed by atoms with E-state index in [0.29, 0.717) is 22.3 Å². The Balaban J connectivity index is 1.60. The fraction of sp³-hybridized carbons (Fsp3) is 0.190. The number of carbonyl (C=O) groups excluding carboxylic acids is 2. The van der Waals surface area contributed by atoms with Crippen molar-refractivity contribution in [3.05, 3.63) is 71.5 Å². The highest BCUT2D eigenvalue weighted by Gasteiger charge is 2.20. The van der Waals surface area contributed by atoms with Gasteiger partial charge in [0.15, 0.2) is 11.2 Å². The average molecular weight is 414 g/mol. The van der Waals surface area contributed by atoms with Crippen LogP contribution in [0.2, 0.25) is 0 Å². The van der Waals surface area contributed by atoms with Gasteiger partial charge in [-0.05, 0) is 43.3 Å². The summed E-state index contributed by atoms with van der Waals surface area (Å²) in [5.41, 5.74) is 1.23. The van der Waals surface area contributed by atoms with E-state index in [4.69, 9.17) is 9.47 Å². The molecule has 0 aliphatic heterocycles. The van der Waals surface area contributed by atoms with Gasteiger partial charge in [0, 0.05) is 12.3 Å². The highest BCUT2D eigenvalue weighted by molar-refractivity contribution is 7.14. The summed E-state index contributed by atoms with van der Waals surface area (Å²) >= 11 is 1.28. The molecular weight excluding hydrogens is 395 g/mol. The van der Waals surface area contributed by atoms with Crippen LogP contribution in [0.4, 0.5) is 15.2 Å². The van der Waals surface area contributed by atoms with E-state index in [1.807, 2.05) is 30.3 Å². The molecule has 1 aromatic heterocycles. The third-order valence-corrected chi connectivity index (χ3v) is 4.76. The number of carbonyl (C=O) groups is 2. The number of aromatic nitrogens is 1. The molecule has 0 radical (unpaired) electrons.